The fourth-order valence-electron chi connectivity index (χ4n) is 3.60. The van der Waals surface area contributed by atoms with Crippen LogP contribution in [0.4, 0.5) is 0 Å². The number of H-pyrrole nitrogens is 1. The number of hydrogen-bond donors (Lipinski definition) is 3. The van der Waals surface area contributed by atoms with Crippen molar-refractivity contribution in [3.63, 3.8) is 0 Å². The number of fused-ring (bicyclic) bond motifs is 2. The van der Waals surface area contributed by atoms with Gasteiger partial charge in [-0.1, -0.05) is 48.2 Å². The molecule has 2 heterocycles. The molecular weight excluding hydrogens is 466 g/mol. The standard InChI is InChI=1S/C25H21N5O4S/c31-22(13-14-30-20-7-3-4-8-21(20)34-25(30)33)28-29-23(32)17-11-9-16(10-12-17)15-35-24-26-18-5-1-2-6-19(18)27-24/h1-12H,13-15H2,(H,26,27)(H,28,31)(H,29,32). The van der Waals surface area contributed by atoms with E-state index in [0.717, 1.165) is 21.8 Å². The van der Waals surface area contributed by atoms with Crippen LogP contribution in [0.15, 0.2) is 87.2 Å². The van der Waals surface area contributed by atoms with Crippen molar-refractivity contribution in [2.75, 3.05) is 0 Å². The number of carbonyl (C=O) groups is 2. The monoisotopic (exact) mass is 487 g/mol. The topological polar surface area (TPSA) is 122 Å². The van der Waals surface area contributed by atoms with E-state index in [2.05, 4.69) is 20.8 Å². The number of aromatic nitrogens is 3. The molecule has 10 heteroatoms. The Balaban J connectivity index is 1.10. The van der Waals surface area contributed by atoms with Crippen LogP contribution in [0.1, 0.15) is 22.3 Å². The second-order valence-corrected chi connectivity index (χ2v) is 8.75. The highest BCUT2D eigenvalue weighted by Gasteiger charge is 2.12. The van der Waals surface area contributed by atoms with Crippen LogP contribution in [0.3, 0.4) is 0 Å². The van der Waals surface area contributed by atoms with Crippen molar-refractivity contribution in [1.29, 1.82) is 0 Å². The number of benzene rings is 3. The van der Waals surface area contributed by atoms with E-state index < -0.39 is 17.6 Å². The highest BCUT2D eigenvalue weighted by atomic mass is 32.2. The molecule has 5 rings (SSSR count). The normalized spacial score (nSPS) is 11.1. The fraction of sp³-hybridized carbons (Fsp3) is 0.120. The predicted molar refractivity (Wildman–Crippen MR) is 133 cm³/mol. The van der Waals surface area contributed by atoms with Gasteiger partial charge >= 0.3 is 5.76 Å². The highest BCUT2D eigenvalue weighted by molar-refractivity contribution is 7.98. The van der Waals surface area contributed by atoms with Crippen molar-refractivity contribution in [2.45, 2.75) is 23.9 Å². The summed E-state index contributed by atoms with van der Waals surface area (Å²) < 4.78 is 6.54. The van der Waals surface area contributed by atoms with Crippen LogP contribution in [0.5, 0.6) is 0 Å². The summed E-state index contributed by atoms with van der Waals surface area (Å²) in [6, 6.07) is 22.0. The Labute approximate surface area is 203 Å². The number of nitrogens with zero attached hydrogens (tertiary/aromatic N) is 2. The summed E-state index contributed by atoms with van der Waals surface area (Å²) in [5.41, 5.74) is 9.24. The molecule has 0 bridgehead atoms. The van der Waals surface area contributed by atoms with Gasteiger partial charge in [0.05, 0.1) is 16.6 Å². The smallest absolute Gasteiger partial charge is 0.408 e. The van der Waals surface area contributed by atoms with E-state index in [1.54, 1.807) is 48.2 Å². The molecular formula is C25H21N5O4S. The molecule has 0 radical (unpaired) electrons. The summed E-state index contributed by atoms with van der Waals surface area (Å²) in [7, 11) is 0. The third-order valence-corrected chi connectivity index (χ3v) is 6.36. The van der Waals surface area contributed by atoms with Gasteiger partial charge in [0.25, 0.3) is 5.91 Å². The molecule has 0 fully saturated rings. The van der Waals surface area contributed by atoms with Crippen LogP contribution in [-0.4, -0.2) is 26.3 Å². The van der Waals surface area contributed by atoms with Crippen molar-refractivity contribution in [3.8, 4) is 0 Å². The Kier molecular flexibility index (Phi) is 6.36. The zero-order chi connectivity index (χ0) is 24.2. The van der Waals surface area contributed by atoms with E-state index in [9.17, 15) is 14.4 Å². The van der Waals surface area contributed by atoms with Crippen molar-refractivity contribution >= 4 is 45.7 Å². The van der Waals surface area contributed by atoms with Gasteiger partial charge in [-0.25, -0.2) is 9.78 Å². The van der Waals surface area contributed by atoms with E-state index in [-0.39, 0.29) is 13.0 Å². The molecule has 2 amide bonds. The Morgan fingerprint density at radius 1 is 0.971 bits per heavy atom. The van der Waals surface area contributed by atoms with E-state index in [4.69, 9.17) is 4.42 Å². The van der Waals surface area contributed by atoms with E-state index in [1.807, 2.05) is 36.4 Å². The molecule has 2 aromatic heterocycles. The molecule has 3 aromatic carbocycles. The first-order valence-corrected chi connectivity index (χ1v) is 11.9. The molecule has 0 aliphatic carbocycles. The lowest BCUT2D eigenvalue weighted by Crippen LogP contribution is -2.42. The first-order chi connectivity index (χ1) is 17.1. The second-order valence-electron chi connectivity index (χ2n) is 7.78. The molecule has 0 atom stereocenters. The summed E-state index contributed by atoms with van der Waals surface area (Å²) in [4.78, 5) is 44.4. The Morgan fingerprint density at radius 2 is 1.74 bits per heavy atom. The first-order valence-electron chi connectivity index (χ1n) is 10.9. The fourth-order valence-corrected chi connectivity index (χ4v) is 4.44. The maximum Gasteiger partial charge on any atom is 0.419 e. The van der Waals surface area contributed by atoms with Crippen LogP contribution in [0, 0.1) is 0 Å². The molecule has 0 saturated heterocycles. The van der Waals surface area contributed by atoms with Crippen molar-refractivity contribution in [2.24, 2.45) is 0 Å². The third kappa shape index (κ3) is 5.12. The summed E-state index contributed by atoms with van der Waals surface area (Å²) >= 11 is 1.58. The number of thioether (sulfide) groups is 1. The molecule has 176 valence electrons. The molecule has 3 N–H and O–H groups in total. The molecule has 35 heavy (non-hydrogen) atoms. The van der Waals surface area contributed by atoms with Crippen LogP contribution < -0.4 is 16.6 Å². The lowest BCUT2D eigenvalue weighted by atomic mass is 10.1. The van der Waals surface area contributed by atoms with Crippen LogP contribution in [-0.2, 0) is 17.1 Å². The second kappa shape index (κ2) is 9.90. The summed E-state index contributed by atoms with van der Waals surface area (Å²) in [5.74, 6) is -0.683. The molecule has 0 aliphatic rings. The van der Waals surface area contributed by atoms with Crippen molar-refractivity contribution in [1.82, 2.24) is 25.4 Å². The van der Waals surface area contributed by atoms with Crippen LogP contribution in [0.2, 0.25) is 0 Å². The zero-order valence-electron chi connectivity index (χ0n) is 18.5. The molecule has 5 aromatic rings. The highest BCUT2D eigenvalue weighted by Crippen LogP contribution is 2.23. The van der Waals surface area contributed by atoms with Crippen LogP contribution >= 0.6 is 11.8 Å². The first kappa shape index (κ1) is 22.5. The number of aryl methyl sites for hydroxylation is 1. The number of para-hydroxylation sites is 4. The third-order valence-electron chi connectivity index (χ3n) is 5.41. The SMILES string of the molecule is O=C(CCn1c(=O)oc2ccccc21)NNC(=O)c1ccc(CSc2nc3ccccc3[nH]2)cc1. The Hall–Kier alpha value is -4.31. The van der Waals surface area contributed by atoms with Gasteiger partial charge < -0.3 is 9.40 Å². The number of oxazole rings is 1. The number of hydrazine groups is 1. The zero-order valence-corrected chi connectivity index (χ0v) is 19.3. The van der Waals surface area contributed by atoms with Crippen molar-refractivity contribution in [3.05, 3.63) is 94.5 Å². The van der Waals surface area contributed by atoms with Crippen molar-refractivity contribution < 1.29 is 14.0 Å². The molecule has 0 unspecified atom stereocenters. The van der Waals surface area contributed by atoms with Gasteiger partial charge in [0.15, 0.2) is 10.7 Å². The maximum absolute atomic E-state index is 12.4. The lowest BCUT2D eigenvalue weighted by molar-refractivity contribution is -0.122. The number of imidazole rings is 1. The van der Waals surface area contributed by atoms with Gasteiger partial charge in [-0.15, -0.1) is 0 Å². The van der Waals surface area contributed by atoms with E-state index in [1.165, 1.54) is 4.57 Å². The van der Waals surface area contributed by atoms with Gasteiger partial charge in [-0.2, -0.15) is 0 Å². The summed E-state index contributed by atoms with van der Waals surface area (Å²) in [5, 5.41) is 0.835. The number of carbonyl (C=O) groups excluding carboxylic acids is 2. The Bertz CT molecular complexity index is 1540. The van der Waals surface area contributed by atoms with Gasteiger partial charge in [0, 0.05) is 24.3 Å². The predicted octanol–water partition coefficient (Wildman–Crippen LogP) is 3.61. The molecule has 9 nitrogen and oxygen atoms in total. The Morgan fingerprint density at radius 3 is 2.57 bits per heavy atom. The van der Waals surface area contributed by atoms with Gasteiger partial charge in [0.2, 0.25) is 5.91 Å². The summed E-state index contributed by atoms with van der Waals surface area (Å²) in [6.07, 6.45) is 0.00165. The van der Waals surface area contributed by atoms with E-state index >= 15 is 0 Å². The molecule has 0 saturated carbocycles. The largest absolute Gasteiger partial charge is 0.419 e. The molecule has 0 spiro atoms. The van der Waals surface area contributed by atoms with Crippen LogP contribution in [0.25, 0.3) is 22.1 Å². The number of aromatic amines is 1. The molecule has 0 aliphatic heterocycles. The number of rotatable bonds is 7. The quantitative estimate of drug-likeness (QED) is 0.238. The van der Waals surface area contributed by atoms with Gasteiger partial charge in [0.1, 0.15) is 0 Å². The maximum atomic E-state index is 12.4. The van der Waals surface area contributed by atoms with Gasteiger partial charge in [-0.05, 0) is 42.0 Å². The van der Waals surface area contributed by atoms with E-state index in [0.29, 0.717) is 22.4 Å². The number of amides is 2. The number of nitrogens with one attached hydrogen (secondary N) is 3. The van der Waals surface area contributed by atoms with Gasteiger partial charge in [-0.3, -0.25) is 25.0 Å². The average molecular weight is 488 g/mol. The number of hydrogen-bond acceptors (Lipinski definition) is 6. The minimum Gasteiger partial charge on any atom is -0.408 e. The average Bonchev–Trinajstić information content (AvgIpc) is 3.44. The minimum atomic E-state index is -0.526. The minimum absolute atomic E-state index is 0.00165. The summed E-state index contributed by atoms with van der Waals surface area (Å²) in [6.45, 7) is 0.134. The lowest BCUT2D eigenvalue weighted by Gasteiger charge is -2.08.